The molecule has 11 heteroatoms. The van der Waals surface area contributed by atoms with Crippen molar-refractivity contribution in [1.29, 1.82) is 0 Å². The highest BCUT2D eigenvalue weighted by Gasteiger charge is 2.56. The number of likely N-dealkylation sites (N-methyl/N-ethyl adjacent to an activating group) is 1. The second kappa shape index (κ2) is 10.9. The van der Waals surface area contributed by atoms with Crippen LogP contribution in [0.15, 0.2) is 6.07 Å². The third kappa shape index (κ3) is 4.51. The molecule has 4 aliphatic heterocycles. The van der Waals surface area contributed by atoms with Gasteiger partial charge in [-0.05, 0) is 70.7 Å². The maximum atomic E-state index is 13.2. The molecule has 4 aliphatic rings. The summed E-state index contributed by atoms with van der Waals surface area (Å²) in [6.45, 7) is 9.34. The number of aryl methyl sites for hydroxylation is 1. The lowest BCUT2D eigenvalue weighted by Crippen LogP contribution is -2.69. The summed E-state index contributed by atoms with van der Waals surface area (Å²) in [5.74, 6) is 0.803. The van der Waals surface area contributed by atoms with Gasteiger partial charge in [0.25, 0.3) is 0 Å². The van der Waals surface area contributed by atoms with Crippen molar-refractivity contribution < 1.29 is 34.4 Å². The van der Waals surface area contributed by atoms with Crippen LogP contribution in [0.1, 0.15) is 77.7 Å². The molecule has 6 atom stereocenters. The van der Waals surface area contributed by atoms with E-state index in [1.54, 1.807) is 13.8 Å². The van der Waals surface area contributed by atoms with Gasteiger partial charge in [0, 0.05) is 41.3 Å². The number of aliphatic hydroxyl groups excluding tert-OH is 1. The van der Waals surface area contributed by atoms with Crippen LogP contribution < -0.4 is 20.1 Å². The fourth-order valence-corrected chi connectivity index (χ4v) is 7.67. The number of phenols is 2. The summed E-state index contributed by atoms with van der Waals surface area (Å²) >= 11 is 0. The molecule has 0 aliphatic carbocycles. The Bertz CT molecular complexity index is 1490. The van der Waals surface area contributed by atoms with Crippen molar-refractivity contribution in [2.45, 2.75) is 96.7 Å². The summed E-state index contributed by atoms with van der Waals surface area (Å²) in [6.07, 6.45) is 1.03. The Morgan fingerprint density at radius 3 is 2.49 bits per heavy atom. The van der Waals surface area contributed by atoms with E-state index in [1.807, 2.05) is 32.7 Å². The van der Waals surface area contributed by atoms with Crippen molar-refractivity contribution in [1.82, 2.24) is 20.4 Å². The van der Waals surface area contributed by atoms with Crippen molar-refractivity contribution in [3.8, 4) is 23.0 Å². The van der Waals surface area contributed by atoms with Gasteiger partial charge in [-0.25, -0.2) is 0 Å². The van der Waals surface area contributed by atoms with Gasteiger partial charge in [-0.3, -0.25) is 19.4 Å². The molecular weight excluding hydrogens is 552 g/mol. The van der Waals surface area contributed by atoms with Gasteiger partial charge in [0.1, 0.15) is 23.8 Å². The average molecular weight is 595 g/mol. The van der Waals surface area contributed by atoms with Crippen LogP contribution in [0.2, 0.25) is 0 Å². The molecule has 2 aromatic rings. The van der Waals surface area contributed by atoms with Crippen LogP contribution >= 0.6 is 0 Å². The number of nitrogens with one attached hydrogen (secondary N) is 2. The summed E-state index contributed by atoms with van der Waals surface area (Å²) in [5.41, 5.74) is 5.63. The lowest BCUT2D eigenvalue weighted by Gasteiger charge is -2.60. The Balaban J connectivity index is 1.45. The second-order valence-corrected chi connectivity index (χ2v) is 12.5. The van der Waals surface area contributed by atoms with Crippen molar-refractivity contribution in [2.24, 2.45) is 0 Å². The Morgan fingerprint density at radius 1 is 1.05 bits per heavy atom. The molecule has 232 valence electrons. The number of carbonyl (C=O) groups excluding carboxylic acids is 2. The summed E-state index contributed by atoms with van der Waals surface area (Å²) in [7, 11) is 1.98. The second-order valence-electron chi connectivity index (χ2n) is 12.5. The highest BCUT2D eigenvalue weighted by atomic mass is 16.7. The van der Waals surface area contributed by atoms with E-state index in [2.05, 4.69) is 21.6 Å². The molecule has 0 spiro atoms. The van der Waals surface area contributed by atoms with E-state index in [0.717, 1.165) is 22.3 Å². The van der Waals surface area contributed by atoms with E-state index >= 15 is 0 Å². The van der Waals surface area contributed by atoms with Gasteiger partial charge >= 0.3 is 0 Å². The van der Waals surface area contributed by atoms with Gasteiger partial charge in [0.15, 0.2) is 11.5 Å². The summed E-state index contributed by atoms with van der Waals surface area (Å²) < 4.78 is 11.7. The zero-order chi connectivity index (χ0) is 30.9. The first-order valence-electron chi connectivity index (χ1n) is 15.2. The number of aromatic hydroxyl groups is 2. The number of hydrogen-bond acceptors (Lipinski definition) is 9. The first-order chi connectivity index (χ1) is 20.5. The molecule has 5 N–H and O–H groups in total. The third-order valence-electron chi connectivity index (χ3n) is 10.0. The summed E-state index contributed by atoms with van der Waals surface area (Å²) in [5, 5.41) is 40.7. The maximum absolute atomic E-state index is 13.2. The highest BCUT2D eigenvalue weighted by Crippen LogP contribution is 2.57. The molecule has 43 heavy (non-hydrogen) atoms. The van der Waals surface area contributed by atoms with Crippen LogP contribution in [0, 0.1) is 20.8 Å². The topological polar surface area (TPSA) is 144 Å². The number of carbonyl (C=O) groups is 2. The Labute approximate surface area is 251 Å². The number of amides is 2. The smallest absolute Gasteiger partial charge is 0.242 e. The van der Waals surface area contributed by atoms with Gasteiger partial charge in [-0.1, -0.05) is 13.0 Å². The van der Waals surface area contributed by atoms with E-state index < -0.39 is 18.3 Å². The minimum atomic E-state index is -0.915. The predicted octanol–water partition coefficient (Wildman–Crippen LogP) is 2.37. The zero-order valence-electron chi connectivity index (χ0n) is 25.7. The number of ether oxygens (including phenoxy) is 2. The fraction of sp³-hybridized carbons (Fsp3) is 0.562. The monoisotopic (exact) mass is 594 g/mol. The largest absolute Gasteiger partial charge is 0.507 e. The van der Waals surface area contributed by atoms with E-state index in [9.17, 15) is 24.9 Å². The minimum absolute atomic E-state index is 0.00544. The van der Waals surface area contributed by atoms with Crippen molar-refractivity contribution in [3.63, 3.8) is 0 Å². The molecule has 0 saturated carbocycles. The molecule has 1 unspecified atom stereocenters. The van der Waals surface area contributed by atoms with Crippen LogP contribution in [0.3, 0.4) is 0 Å². The van der Waals surface area contributed by atoms with Crippen molar-refractivity contribution in [3.05, 3.63) is 45.0 Å². The molecule has 1 saturated heterocycles. The normalized spacial score (nSPS) is 26.3. The lowest BCUT2D eigenvalue weighted by molar-refractivity contribution is -0.172. The first kappa shape index (κ1) is 29.5. The number of phenolic OH excluding ortho intramolecular Hbond substituents is 2. The van der Waals surface area contributed by atoms with Gasteiger partial charge in [0.2, 0.25) is 18.6 Å². The highest BCUT2D eigenvalue weighted by molar-refractivity contribution is 5.87. The Hall–Kier alpha value is -3.54. The maximum Gasteiger partial charge on any atom is 0.242 e. The number of fused-ring (bicyclic) bond motifs is 9. The zero-order valence-corrected chi connectivity index (χ0v) is 25.7. The van der Waals surface area contributed by atoms with Crippen molar-refractivity contribution in [2.75, 3.05) is 20.4 Å². The molecule has 6 rings (SSSR count). The number of nitrogens with zero attached hydrogens (tertiary/aromatic N) is 2. The Kier molecular flexibility index (Phi) is 7.46. The van der Waals surface area contributed by atoms with E-state index in [4.69, 9.17) is 9.47 Å². The third-order valence-corrected chi connectivity index (χ3v) is 10.0. The number of hydrogen-bond donors (Lipinski definition) is 5. The lowest BCUT2D eigenvalue weighted by atomic mass is 9.73. The van der Waals surface area contributed by atoms with E-state index in [1.165, 1.54) is 0 Å². The van der Waals surface area contributed by atoms with Crippen LogP contribution in [-0.4, -0.2) is 81.7 Å². The molecular formula is C32H42N4O7. The molecule has 1 fully saturated rings. The number of piperazine rings is 1. The fourth-order valence-electron chi connectivity index (χ4n) is 7.67. The molecule has 2 bridgehead atoms. The van der Waals surface area contributed by atoms with Gasteiger partial charge in [-0.2, -0.15) is 0 Å². The van der Waals surface area contributed by atoms with Gasteiger partial charge in [0.05, 0.1) is 18.1 Å². The van der Waals surface area contributed by atoms with Gasteiger partial charge in [-0.15, -0.1) is 0 Å². The molecule has 2 aromatic carbocycles. The minimum Gasteiger partial charge on any atom is -0.507 e. The number of benzene rings is 2. The van der Waals surface area contributed by atoms with E-state index in [0.29, 0.717) is 53.9 Å². The van der Waals surface area contributed by atoms with Crippen LogP contribution in [0.25, 0.3) is 0 Å². The standard InChI is InChI=1S/C32H42N4O7/c1-7-8-23(37)34-17(5)31(40)33-12-22-25-19(27(38)16(4)29-30(25)43-13-42-29)11-20-26-24-18(9-14(2)15(3)28(24)39)10-21(35(26)6)32(41)36(20)22/h9,17,20-22,26,32,38-39,41H,7-8,10-13H2,1-6H3,(H,33,40)(H,34,37)/t17-,20?,21-,22-,26+,32-/m0/s1. The first-order valence-corrected chi connectivity index (χ1v) is 15.2. The van der Waals surface area contributed by atoms with Crippen LogP contribution in [-0.2, 0) is 22.4 Å². The van der Waals surface area contributed by atoms with Crippen LogP contribution in [0.4, 0.5) is 0 Å². The van der Waals surface area contributed by atoms with Crippen LogP contribution in [0.5, 0.6) is 23.0 Å². The molecule has 0 aromatic heterocycles. The van der Waals surface area contributed by atoms with E-state index in [-0.39, 0.29) is 54.8 Å². The SMILES string of the molecule is CCCC(=O)N[C@@H](C)C(=O)NC[C@H]1c2c(c(O)c(C)c3c2OCO3)CC2[C@@H]3c4c(cc(C)c(C)c4O)C[C@@H]([C@H](O)N21)N3C. The summed E-state index contributed by atoms with van der Waals surface area (Å²) in [6, 6.07) is -0.109. The predicted molar refractivity (Wildman–Crippen MR) is 158 cm³/mol. The van der Waals surface area contributed by atoms with Crippen molar-refractivity contribution >= 4 is 11.8 Å². The Morgan fingerprint density at radius 2 is 1.77 bits per heavy atom. The average Bonchev–Trinajstić information content (AvgIpc) is 3.46. The summed E-state index contributed by atoms with van der Waals surface area (Å²) in [4.78, 5) is 29.5. The molecule has 0 radical (unpaired) electrons. The van der Waals surface area contributed by atoms with Gasteiger partial charge < -0.3 is 35.4 Å². The quantitative estimate of drug-likeness (QED) is 0.341. The molecule has 4 heterocycles. The molecule has 2 amide bonds. The number of aliphatic hydroxyl groups is 1. The number of rotatable bonds is 6. The molecule has 11 nitrogen and oxygen atoms in total.